The maximum Gasteiger partial charge on any atom is 0.231 e. The zero-order valence-corrected chi connectivity index (χ0v) is 22.3. The number of carbonyl (C=O) groups excluding carboxylic acids is 4. The molecule has 0 aliphatic heterocycles. The Bertz CT molecular complexity index is 1800. The molecule has 0 aliphatic carbocycles. The number of rotatable bonds is 10. The van der Waals surface area contributed by atoms with Crippen LogP contribution < -0.4 is 4.74 Å². The predicted molar refractivity (Wildman–Crippen MR) is 153 cm³/mol. The van der Waals surface area contributed by atoms with Crippen molar-refractivity contribution >= 4 is 23.1 Å². The molecule has 6 rings (SSSR count). The monoisotopic (exact) mass is 568 g/mol. The highest BCUT2D eigenvalue weighted by molar-refractivity contribution is 6.12. The molecule has 0 amide bonds. The first-order valence-corrected chi connectivity index (χ1v) is 13.1. The van der Waals surface area contributed by atoms with Gasteiger partial charge in [0.05, 0.1) is 0 Å². The summed E-state index contributed by atoms with van der Waals surface area (Å²) in [7, 11) is 0. The van der Waals surface area contributed by atoms with Crippen molar-refractivity contribution in [2.45, 2.75) is 0 Å². The van der Waals surface area contributed by atoms with Crippen molar-refractivity contribution in [1.82, 2.24) is 10.3 Å². The highest BCUT2D eigenvalue weighted by Gasteiger charge is 2.21. The molecule has 0 saturated carbocycles. The van der Waals surface area contributed by atoms with Gasteiger partial charge < -0.3 is 13.8 Å². The first-order chi connectivity index (χ1) is 21.0. The summed E-state index contributed by atoms with van der Waals surface area (Å²) in [5.74, 6) is -0.773. The Balaban J connectivity index is 1.08. The summed E-state index contributed by atoms with van der Waals surface area (Å²) in [4.78, 5) is 50.8. The van der Waals surface area contributed by atoms with Crippen LogP contribution in [0, 0.1) is 0 Å². The van der Waals surface area contributed by atoms with Crippen molar-refractivity contribution in [1.29, 1.82) is 0 Å². The number of benzene rings is 4. The van der Waals surface area contributed by atoms with Gasteiger partial charge in [-0.25, -0.2) is 0 Å². The molecule has 43 heavy (non-hydrogen) atoms. The molecule has 2 heterocycles. The number of ketones is 4. The van der Waals surface area contributed by atoms with E-state index in [1.54, 1.807) is 109 Å². The lowest BCUT2D eigenvalue weighted by Crippen LogP contribution is -2.02. The van der Waals surface area contributed by atoms with Gasteiger partial charge in [-0.1, -0.05) is 71.0 Å². The third-order valence-corrected chi connectivity index (χ3v) is 6.47. The van der Waals surface area contributed by atoms with Crippen LogP contribution in [0.4, 0.5) is 0 Å². The third-order valence-electron chi connectivity index (χ3n) is 6.47. The van der Waals surface area contributed by atoms with Gasteiger partial charge in [0.15, 0.2) is 11.4 Å². The van der Waals surface area contributed by atoms with Gasteiger partial charge in [-0.3, -0.25) is 19.2 Å². The summed E-state index contributed by atoms with van der Waals surface area (Å²) in [6, 6.07) is 32.5. The van der Waals surface area contributed by atoms with Gasteiger partial charge in [-0.15, -0.1) is 0 Å². The summed E-state index contributed by atoms with van der Waals surface area (Å²) in [6.07, 6.45) is 0. The second-order valence-electron chi connectivity index (χ2n) is 9.35. The van der Waals surface area contributed by atoms with E-state index in [0.29, 0.717) is 33.8 Å². The number of hydrogen-bond acceptors (Lipinski definition) is 9. The van der Waals surface area contributed by atoms with Crippen molar-refractivity contribution in [2.75, 3.05) is 0 Å². The van der Waals surface area contributed by atoms with E-state index in [1.807, 2.05) is 0 Å². The summed E-state index contributed by atoms with van der Waals surface area (Å²) in [5, 5.41) is 7.51. The van der Waals surface area contributed by atoms with Gasteiger partial charge in [0, 0.05) is 34.4 Å². The average molecular weight is 569 g/mol. The fourth-order valence-electron chi connectivity index (χ4n) is 4.22. The van der Waals surface area contributed by atoms with E-state index in [1.165, 1.54) is 12.1 Å². The van der Waals surface area contributed by atoms with Crippen LogP contribution in [0.3, 0.4) is 0 Å². The van der Waals surface area contributed by atoms with E-state index in [4.69, 9.17) is 13.8 Å². The minimum absolute atomic E-state index is 0.0425. The molecule has 0 fully saturated rings. The third kappa shape index (κ3) is 5.82. The van der Waals surface area contributed by atoms with Crippen LogP contribution in [0.25, 0.3) is 0 Å². The molecule has 2 aromatic heterocycles. The quantitative estimate of drug-likeness (QED) is 0.173. The molecule has 9 nitrogen and oxygen atoms in total. The van der Waals surface area contributed by atoms with E-state index < -0.39 is 11.6 Å². The molecule has 208 valence electrons. The van der Waals surface area contributed by atoms with E-state index in [-0.39, 0.29) is 34.5 Å². The Morgan fingerprint density at radius 2 is 0.791 bits per heavy atom. The van der Waals surface area contributed by atoms with Crippen molar-refractivity contribution in [3.63, 3.8) is 0 Å². The molecule has 0 spiro atoms. The average Bonchev–Trinajstić information content (AvgIpc) is 3.76. The molecule has 0 unspecified atom stereocenters. The van der Waals surface area contributed by atoms with E-state index >= 15 is 0 Å². The van der Waals surface area contributed by atoms with Crippen molar-refractivity contribution in [3.05, 3.63) is 166 Å². The Labute approximate surface area is 244 Å². The summed E-state index contributed by atoms with van der Waals surface area (Å²) >= 11 is 0. The maximum atomic E-state index is 12.9. The fraction of sp³-hybridized carbons (Fsp3) is 0. The molecular formula is C34H20N2O7. The first-order valence-electron chi connectivity index (χ1n) is 13.1. The second-order valence-corrected chi connectivity index (χ2v) is 9.35. The first kappa shape index (κ1) is 27.0. The highest BCUT2D eigenvalue weighted by Crippen LogP contribution is 2.24. The van der Waals surface area contributed by atoms with Crippen LogP contribution in [0.2, 0.25) is 0 Å². The number of carbonyl (C=O) groups is 4. The number of nitrogens with zero attached hydrogens (tertiary/aromatic N) is 2. The van der Waals surface area contributed by atoms with E-state index in [0.717, 1.165) is 0 Å². The molecule has 0 saturated heterocycles. The molecule has 6 aromatic rings. The highest BCUT2D eigenvalue weighted by atomic mass is 16.5. The molecule has 0 N–H and O–H groups in total. The standard InChI is InChI=1S/C34H20N2O7/c37-31(21-7-3-1-4-8-21)27-19-29(42-35-27)33(39)23-11-15-25(16-12-23)41-26-17-13-24(14-18-26)34(40)30-20-28(36-43-30)32(38)22-9-5-2-6-10-22/h1-20H. The summed E-state index contributed by atoms with van der Waals surface area (Å²) in [5.41, 5.74) is 1.61. The molecule has 0 aliphatic rings. The topological polar surface area (TPSA) is 130 Å². The Kier molecular flexibility index (Phi) is 7.35. The minimum Gasteiger partial charge on any atom is -0.457 e. The van der Waals surface area contributed by atoms with Gasteiger partial charge in [0.2, 0.25) is 34.7 Å². The zero-order valence-electron chi connectivity index (χ0n) is 22.3. The van der Waals surface area contributed by atoms with Gasteiger partial charge in [-0.05, 0) is 48.5 Å². The van der Waals surface area contributed by atoms with Gasteiger partial charge >= 0.3 is 0 Å². The van der Waals surface area contributed by atoms with E-state index in [2.05, 4.69) is 10.3 Å². The predicted octanol–water partition coefficient (Wildman–Crippen LogP) is 6.38. The van der Waals surface area contributed by atoms with Crippen molar-refractivity contribution < 1.29 is 33.0 Å². The van der Waals surface area contributed by atoms with Gasteiger partial charge in [-0.2, -0.15) is 0 Å². The maximum absolute atomic E-state index is 12.9. The Morgan fingerprint density at radius 3 is 1.16 bits per heavy atom. The van der Waals surface area contributed by atoms with Crippen LogP contribution in [-0.2, 0) is 0 Å². The molecule has 0 bridgehead atoms. The van der Waals surface area contributed by atoms with E-state index in [9.17, 15) is 19.2 Å². The number of aromatic nitrogens is 2. The molecular weight excluding hydrogens is 548 g/mol. The normalized spacial score (nSPS) is 10.7. The zero-order chi connectivity index (χ0) is 29.8. The van der Waals surface area contributed by atoms with Crippen molar-refractivity contribution in [3.8, 4) is 11.5 Å². The largest absolute Gasteiger partial charge is 0.457 e. The van der Waals surface area contributed by atoms with Crippen LogP contribution in [0.15, 0.2) is 130 Å². The lowest BCUT2D eigenvalue weighted by molar-refractivity contribution is 0.0991. The lowest BCUT2D eigenvalue weighted by atomic mass is 10.1. The van der Waals surface area contributed by atoms with Crippen LogP contribution in [-0.4, -0.2) is 33.4 Å². The molecule has 4 aromatic carbocycles. The smallest absolute Gasteiger partial charge is 0.231 e. The Morgan fingerprint density at radius 1 is 0.442 bits per heavy atom. The molecule has 0 radical (unpaired) electrons. The second kappa shape index (κ2) is 11.7. The van der Waals surface area contributed by atoms with Gasteiger partial charge in [0.1, 0.15) is 11.5 Å². The minimum atomic E-state index is -0.435. The number of hydrogen-bond donors (Lipinski definition) is 0. The lowest BCUT2D eigenvalue weighted by Gasteiger charge is -2.07. The fourth-order valence-corrected chi connectivity index (χ4v) is 4.22. The molecule has 9 heteroatoms. The van der Waals surface area contributed by atoms with Crippen molar-refractivity contribution in [2.24, 2.45) is 0 Å². The van der Waals surface area contributed by atoms with Crippen LogP contribution in [0.1, 0.15) is 64.3 Å². The van der Waals surface area contributed by atoms with Crippen LogP contribution >= 0.6 is 0 Å². The molecule has 0 atom stereocenters. The SMILES string of the molecule is O=C(c1ccccc1)c1cc(C(=O)c2ccc(Oc3ccc(C(=O)c4cc(C(=O)c5ccccc5)no4)cc3)cc2)on1. The summed E-state index contributed by atoms with van der Waals surface area (Å²) in [6.45, 7) is 0. The summed E-state index contributed by atoms with van der Waals surface area (Å²) < 4.78 is 16.1. The van der Waals surface area contributed by atoms with Gasteiger partial charge in [0.25, 0.3) is 0 Å². The Hall–Kier alpha value is -6.22. The van der Waals surface area contributed by atoms with Crippen LogP contribution in [0.5, 0.6) is 11.5 Å². The number of ether oxygens (including phenoxy) is 1.